The minimum absolute atomic E-state index is 0.254. The predicted molar refractivity (Wildman–Crippen MR) is 72.9 cm³/mol. The van der Waals surface area contributed by atoms with Crippen molar-refractivity contribution in [3.8, 4) is 0 Å². The highest BCUT2D eigenvalue weighted by atomic mass is 79.9. The van der Waals surface area contributed by atoms with Gasteiger partial charge in [-0.3, -0.25) is 0 Å². The molecular formula is C14H11BrFNO. The van der Waals surface area contributed by atoms with Crippen molar-refractivity contribution in [2.45, 2.75) is 6.61 Å². The lowest BCUT2D eigenvalue weighted by Crippen LogP contribution is -1.89. The summed E-state index contributed by atoms with van der Waals surface area (Å²) in [5.41, 5.74) is 1.82. The second kappa shape index (κ2) is 6.31. The molecule has 0 fully saturated rings. The van der Waals surface area contributed by atoms with Gasteiger partial charge in [-0.05, 0) is 23.8 Å². The van der Waals surface area contributed by atoms with Gasteiger partial charge in [0, 0.05) is 10.0 Å². The van der Waals surface area contributed by atoms with E-state index in [9.17, 15) is 4.39 Å². The number of hydrogen-bond donors (Lipinski definition) is 0. The average molecular weight is 308 g/mol. The molecule has 0 aliphatic heterocycles. The van der Waals surface area contributed by atoms with Gasteiger partial charge >= 0.3 is 0 Å². The zero-order valence-corrected chi connectivity index (χ0v) is 11.1. The average Bonchev–Trinajstić information content (AvgIpc) is 2.39. The number of benzene rings is 2. The molecule has 0 radical (unpaired) electrons. The third kappa shape index (κ3) is 3.67. The highest BCUT2D eigenvalue weighted by molar-refractivity contribution is 9.10. The van der Waals surface area contributed by atoms with E-state index in [4.69, 9.17) is 4.84 Å². The Morgan fingerprint density at radius 1 is 1.11 bits per heavy atom. The fourth-order valence-electron chi connectivity index (χ4n) is 1.37. The summed E-state index contributed by atoms with van der Waals surface area (Å²) < 4.78 is 13.6. The Kier molecular flexibility index (Phi) is 4.47. The molecule has 4 heteroatoms. The summed E-state index contributed by atoms with van der Waals surface area (Å²) in [7, 11) is 0. The lowest BCUT2D eigenvalue weighted by molar-refractivity contribution is 0.132. The van der Waals surface area contributed by atoms with Crippen LogP contribution in [0.2, 0.25) is 0 Å². The van der Waals surface area contributed by atoms with Gasteiger partial charge in [-0.2, -0.15) is 0 Å². The van der Waals surface area contributed by atoms with Gasteiger partial charge in [0.05, 0.1) is 6.21 Å². The van der Waals surface area contributed by atoms with Gasteiger partial charge in [-0.15, -0.1) is 0 Å². The summed E-state index contributed by atoms with van der Waals surface area (Å²) in [6, 6.07) is 13.8. The van der Waals surface area contributed by atoms with Crippen molar-refractivity contribution in [2.24, 2.45) is 5.16 Å². The van der Waals surface area contributed by atoms with Crippen molar-refractivity contribution in [2.75, 3.05) is 0 Å². The zero-order valence-electron chi connectivity index (χ0n) is 9.51. The molecule has 0 spiro atoms. The van der Waals surface area contributed by atoms with E-state index >= 15 is 0 Å². The second-order valence-electron chi connectivity index (χ2n) is 3.66. The van der Waals surface area contributed by atoms with Crippen molar-refractivity contribution in [3.05, 3.63) is 69.9 Å². The van der Waals surface area contributed by atoms with Gasteiger partial charge in [-0.25, -0.2) is 4.39 Å². The molecule has 0 atom stereocenters. The molecule has 0 aliphatic rings. The third-order valence-corrected chi connectivity index (χ3v) is 3.04. The smallest absolute Gasteiger partial charge is 0.142 e. The molecular weight excluding hydrogens is 297 g/mol. The Hall–Kier alpha value is -1.68. The van der Waals surface area contributed by atoms with Crippen molar-refractivity contribution in [3.63, 3.8) is 0 Å². The second-order valence-corrected chi connectivity index (χ2v) is 4.51. The van der Waals surface area contributed by atoms with E-state index in [-0.39, 0.29) is 5.82 Å². The molecule has 0 bridgehead atoms. The maximum Gasteiger partial charge on any atom is 0.142 e. The highest BCUT2D eigenvalue weighted by Gasteiger charge is 1.95. The molecule has 0 saturated heterocycles. The molecule has 18 heavy (non-hydrogen) atoms. The Morgan fingerprint density at radius 3 is 2.56 bits per heavy atom. The molecule has 0 aliphatic carbocycles. The number of rotatable bonds is 4. The van der Waals surface area contributed by atoms with E-state index in [0.717, 1.165) is 15.6 Å². The van der Waals surface area contributed by atoms with Crippen LogP contribution >= 0.6 is 15.9 Å². The van der Waals surface area contributed by atoms with Gasteiger partial charge in [0.25, 0.3) is 0 Å². The molecule has 0 aromatic heterocycles. The molecule has 0 saturated carbocycles. The van der Waals surface area contributed by atoms with Crippen LogP contribution in [0.25, 0.3) is 0 Å². The van der Waals surface area contributed by atoms with Crippen LogP contribution in [0.1, 0.15) is 11.1 Å². The lowest BCUT2D eigenvalue weighted by Gasteiger charge is -2.00. The van der Waals surface area contributed by atoms with Gasteiger partial charge in [0.15, 0.2) is 0 Å². The topological polar surface area (TPSA) is 21.6 Å². The van der Waals surface area contributed by atoms with E-state index in [2.05, 4.69) is 21.1 Å². The summed E-state index contributed by atoms with van der Waals surface area (Å²) in [4.78, 5) is 5.14. The van der Waals surface area contributed by atoms with Crippen LogP contribution < -0.4 is 0 Å². The van der Waals surface area contributed by atoms with Crippen LogP contribution in [0.15, 0.2) is 58.2 Å². The first-order chi connectivity index (χ1) is 8.75. The maximum atomic E-state index is 12.7. The van der Waals surface area contributed by atoms with Crippen molar-refractivity contribution in [1.29, 1.82) is 0 Å². The van der Waals surface area contributed by atoms with Gasteiger partial charge in [-0.1, -0.05) is 51.4 Å². The molecule has 92 valence electrons. The van der Waals surface area contributed by atoms with E-state index in [1.807, 2.05) is 24.3 Å². The number of nitrogens with zero attached hydrogens (tertiary/aromatic N) is 1. The number of halogens is 2. The molecule has 2 rings (SSSR count). The Bertz CT molecular complexity index is 540. The molecule has 2 nitrogen and oxygen atoms in total. The van der Waals surface area contributed by atoms with Gasteiger partial charge in [0.1, 0.15) is 12.4 Å². The van der Waals surface area contributed by atoms with E-state index in [0.29, 0.717) is 6.61 Å². The van der Waals surface area contributed by atoms with Crippen LogP contribution in [0.3, 0.4) is 0 Å². The SMILES string of the molecule is Fc1ccc(CON=Cc2ccccc2Br)cc1. The normalized spacial score (nSPS) is 10.8. The van der Waals surface area contributed by atoms with Crippen LogP contribution in [-0.4, -0.2) is 6.21 Å². The van der Waals surface area contributed by atoms with E-state index in [1.165, 1.54) is 12.1 Å². The summed E-state index contributed by atoms with van der Waals surface area (Å²) in [5.74, 6) is -0.254. The standard InChI is InChI=1S/C14H11BrFNO/c15-14-4-2-1-3-12(14)9-17-18-10-11-5-7-13(16)8-6-11/h1-9H,10H2. The monoisotopic (exact) mass is 307 g/mol. The van der Waals surface area contributed by atoms with Crippen molar-refractivity contribution < 1.29 is 9.23 Å². The predicted octanol–water partition coefficient (Wildman–Crippen LogP) is 4.14. The summed E-state index contributed by atoms with van der Waals surface area (Å²) in [6.07, 6.45) is 1.63. The Morgan fingerprint density at radius 2 is 1.83 bits per heavy atom. The molecule has 0 unspecified atom stereocenters. The molecule has 0 amide bonds. The zero-order chi connectivity index (χ0) is 12.8. The van der Waals surface area contributed by atoms with Crippen molar-refractivity contribution >= 4 is 22.1 Å². The lowest BCUT2D eigenvalue weighted by atomic mass is 10.2. The van der Waals surface area contributed by atoms with Gasteiger partial charge in [0.2, 0.25) is 0 Å². The number of oxime groups is 1. The minimum atomic E-state index is -0.254. The quantitative estimate of drug-likeness (QED) is 0.614. The Labute approximate surface area is 113 Å². The first-order valence-electron chi connectivity index (χ1n) is 5.40. The van der Waals surface area contributed by atoms with E-state index < -0.39 is 0 Å². The fraction of sp³-hybridized carbons (Fsp3) is 0.0714. The van der Waals surface area contributed by atoms with Crippen LogP contribution in [0, 0.1) is 5.82 Å². The Balaban J connectivity index is 1.89. The van der Waals surface area contributed by atoms with Crippen molar-refractivity contribution in [1.82, 2.24) is 0 Å². The minimum Gasteiger partial charge on any atom is -0.391 e. The summed E-state index contributed by atoms with van der Waals surface area (Å²) >= 11 is 3.41. The summed E-state index contributed by atoms with van der Waals surface area (Å²) in [6.45, 7) is 0.321. The van der Waals surface area contributed by atoms with Gasteiger partial charge < -0.3 is 4.84 Å². The van der Waals surface area contributed by atoms with Crippen LogP contribution in [-0.2, 0) is 11.4 Å². The first-order valence-corrected chi connectivity index (χ1v) is 6.19. The third-order valence-electron chi connectivity index (χ3n) is 2.32. The maximum absolute atomic E-state index is 12.7. The highest BCUT2D eigenvalue weighted by Crippen LogP contribution is 2.13. The van der Waals surface area contributed by atoms with Crippen LogP contribution in [0.4, 0.5) is 4.39 Å². The number of hydrogen-bond acceptors (Lipinski definition) is 2. The summed E-state index contributed by atoms with van der Waals surface area (Å²) in [5, 5.41) is 3.87. The molecule has 2 aromatic carbocycles. The molecule has 0 N–H and O–H groups in total. The fourth-order valence-corrected chi connectivity index (χ4v) is 1.75. The largest absolute Gasteiger partial charge is 0.391 e. The van der Waals surface area contributed by atoms with E-state index in [1.54, 1.807) is 18.3 Å². The first kappa shape index (κ1) is 12.8. The molecule has 2 aromatic rings. The van der Waals surface area contributed by atoms with Crippen LogP contribution in [0.5, 0.6) is 0 Å². The molecule has 0 heterocycles.